The van der Waals surface area contributed by atoms with Gasteiger partial charge in [-0.25, -0.2) is 0 Å². The second kappa shape index (κ2) is 3.49. The van der Waals surface area contributed by atoms with Crippen molar-refractivity contribution < 1.29 is 4.79 Å². The molecule has 0 aliphatic heterocycles. The lowest BCUT2D eigenvalue weighted by Gasteiger charge is -2.61. The second-order valence-electron chi connectivity index (χ2n) is 7.40. The van der Waals surface area contributed by atoms with Gasteiger partial charge < -0.3 is 5.73 Å². The van der Waals surface area contributed by atoms with Crippen LogP contribution in [0.15, 0.2) is 0 Å². The first-order valence-corrected chi connectivity index (χ1v) is 7.26. The van der Waals surface area contributed by atoms with Gasteiger partial charge in [-0.3, -0.25) is 4.79 Å². The summed E-state index contributed by atoms with van der Waals surface area (Å²) in [5.74, 6) is 2.55. The molecule has 1 amide bonds. The van der Waals surface area contributed by atoms with Gasteiger partial charge in [-0.05, 0) is 61.7 Å². The van der Waals surface area contributed by atoms with Crippen LogP contribution in [0.1, 0.15) is 58.8 Å². The first-order chi connectivity index (χ1) is 7.96. The van der Waals surface area contributed by atoms with E-state index in [1.54, 1.807) is 0 Å². The van der Waals surface area contributed by atoms with Crippen LogP contribution >= 0.6 is 0 Å². The van der Waals surface area contributed by atoms with E-state index in [9.17, 15) is 4.79 Å². The van der Waals surface area contributed by atoms with E-state index < -0.39 is 0 Å². The quantitative estimate of drug-likeness (QED) is 0.802. The Morgan fingerprint density at radius 1 is 1.29 bits per heavy atom. The van der Waals surface area contributed by atoms with Gasteiger partial charge in [0.1, 0.15) is 0 Å². The Hall–Kier alpha value is -0.530. The summed E-state index contributed by atoms with van der Waals surface area (Å²) >= 11 is 0. The zero-order valence-electron chi connectivity index (χ0n) is 11.2. The molecule has 4 aliphatic rings. The maximum Gasteiger partial charge on any atom is 0.223 e. The van der Waals surface area contributed by atoms with Gasteiger partial charge in [-0.2, -0.15) is 0 Å². The molecule has 3 atom stereocenters. The number of primary amides is 1. The fourth-order valence-corrected chi connectivity index (χ4v) is 4.86. The highest BCUT2D eigenvalue weighted by molar-refractivity contribution is 5.81. The second-order valence-corrected chi connectivity index (χ2v) is 7.40. The summed E-state index contributed by atoms with van der Waals surface area (Å²) < 4.78 is 0. The number of fused-ring (bicyclic) bond motifs is 2. The molecule has 17 heavy (non-hydrogen) atoms. The van der Waals surface area contributed by atoms with Crippen LogP contribution in [0.5, 0.6) is 0 Å². The van der Waals surface area contributed by atoms with Gasteiger partial charge in [0.05, 0.1) is 0 Å². The molecule has 2 heteroatoms. The highest BCUT2D eigenvalue weighted by Crippen LogP contribution is 2.64. The van der Waals surface area contributed by atoms with E-state index in [1.165, 1.54) is 25.7 Å². The predicted molar refractivity (Wildman–Crippen MR) is 68.2 cm³/mol. The number of rotatable bonds is 3. The smallest absolute Gasteiger partial charge is 0.223 e. The minimum absolute atomic E-state index is 0.0250. The van der Waals surface area contributed by atoms with Gasteiger partial charge in [0.15, 0.2) is 0 Å². The van der Waals surface area contributed by atoms with Crippen molar-refractivity contribution in [1.29, 1.82) is 0 Å². The Kier molecular flexibility index (Phi) is 2.37. The summed E-state index contributed by atoms with van der Waals surface area (Å²) in [6.45, 7) is 4.85. The van der Waals surface area contributed by atoms with Crippen molar-refractivity contribution in [2.45, 2.75) is 58.8 Å². The molecule has 0 aromatic rings. The van der Waals surface area contributed by atoms with Gasteiger partial charge >= 0.3 is 0 Å². The fraction of sp³-hybridized carbons (Fsp3) is 0.933. The van der Waals surface area contributed by atoms with Crippen LogP contribution in [-0.4, -0.2) is 5.91 Å². The molecule has 2 N–H and O–H groups in total. The summed E-state index contributed by atoms with van der Waals surface area (Å²) in [5.41, 5.74) is 6.06. The van der Waals surface area contributed by atoms with Crippen molar-refractivity contribution >= 4 is 5.91 Å². The molecule has 0 spiro atoms. The molecule has 4 rings (SSSR count). The molecule has 0 aromatic carbocycles. The van der Waals surface area contributed by atoms with Crippen molar-refractivity contribution in [3.8, 4) is 0 Å². The molecule has 0 unspecified atom stereocenters. The minimum atomic E-state index is -0.108. The average Bonchev–Trinajstić information content (AvgIpc) is 2.22. The number of carbonyl (C=O) groups is 1. The lowest BCUT2D eigenvalue weighted by Crippen LogP contribution is -2.55. The SMILES string of the molecule is CC1(C)[C@@H]2CC[C@H](CC3(C(N)=O)CCC3)[C@H]1C2. The predicted octanol–water partition coefficient (Wildman–Crippen LogP) is 3.10. The lowest BCUT2D eigenvalue weighted by atomic mass is 9.43. The van der Waals surface area contributed by atoms with E-state index in [4.69, 9.17) is 5.73 Å². The number of amides is 1. The van der Waals surface area contributed by atoms with Gasteiger partial charge in [-0.1, -0.05) is 20.3 Å². The maximum atomic E-state index is 11.7. The molecule has 2 bridgehead atoms. The number of hydrogen-bond donors (Lipinski definition) is 1. The van der Waals surface area contributed by atoms with Crippen LogP contribution < -0.4 is 5.73 Å². The van der Waals surface area contributed by atoms with Crippen LogP contribution in [0.25, 0.3) is 0 Å². The fourth-order valence-electron chi connectivity index (χ4n) is 4.86. The van der Waals surface area contributed by atoms with Crippen molar-refractivity contribution in [2.24, 2.45) is 34.3 Å². The summed E-state index contributed by atoms with van der Waals surface area (Å²) in [7, 11) is 0. The molecular formula is C15H25NO. The summed E-state index contributed by atoms with van der Waals surface area (Å²) in [6, 6.07) is 0. The Morgan fingerprint density at radius 2 is 2.00 bits per heavy atom. The largest absolute Gasteiger partial charge is 0.369 e. The topological polar surface area (TPSA) is 43.1 Å². The third-order valence-electron chi connectivity index (χ3n) is 6.49. The van der Waals surface area contributed by atoms with Crippen LogP contribution in [0.2, 0.25) is 0 Å². The van der Waals surface area contributed by atoms with Crippen molar-refractivity contribution in [1.82, 2.24) is 0 Å². The minimum Gasteiger partial charge on any atom is -0.369 e. The molecule has 2 nitrogen and oxygen atoms in total. The summed E-state index contributed by atoms with van der Waals surface area (Å²) in [6.07, 6.45) is 8.52. The summed E-state index contributed by atoms with van der Waals surface area (Å²) in [5, 5.41) is 0. The maximum absolute atomic E-state index is 11.7. The van der Waals surface area contributed by atoms with E-state index in [0.29, 0.717) is 5.41 Å². The van der Waals surface area contributed by atoms with Gasteiger partial charge in [0, 0.05) is 5.41 Å². The van der Waals surface area contributed by atoms with Gasteiger partial charge in [0.2, 0.25) is 5.91 Å². The summed E-state index contributed by atoms with van der Waals surface area (Å²) in [4.78, 5) is 11.7. The van der Waals surface area contributed by atoms with Crippen LogP contribution in [0, 0.1) is 28.6 Å². The number of carbonyl (C=O) groups excluding carboxylic acids is 1. The zero-order chi connectivity index (χ0) is 12.3. The number of nitrogens with two attached hydrogens (primary N) is 1. The zero-order valence-corrected chi connectivity index (χ0v) is 11.2. The third-order valence-corrected chi connectivity index (χ3v) is 6.49. The monoisotopic (exact) mass is 235 g/mol. The molecule has 0 radical (unpaired) electrons. The normalized spacial score (nSPS) is 41.2. The van der Waals surface area contributed by atoms with Crippen molar-refractivity contribution in [2.75, 3.05) is 0 Å². The number of hydrogen-bond acceptors (Lipinski definition) is 1. The van der Waals surface area contributed by atoms with E-state index in [1.807, 2.05) is 0 Å². The Balaban J connectivity index is 1.71. The van der Waals surface area contributed by atoms with Crippen molar-refractivity contribution in [3.05, 3.63) is 0 Å². The van der Waals surface area contributed by atoms with E-state index in [-0.39, 0.29) is 11.3 Å². The molecule has 4 saturated carbocycles. The molecule has 0 saturated heterocycles. The molecule has 4 fully saturated rings. The first-order valence-electron chi connectivity index (χ1n) is 7.26. The van der Waals surface area contributed by atoms with E-state index >= 15 is 0 Å². The third kappa shape index (κ3) is 1.49. The Bertz CT molecular complexity index is 341. The average molecular weight is 235 g/mol. The molecule has 96 valence electrons. The highest BCUT2D eigenvalue weighted by atomic mass is 16.1. The molecule has 4 aliphatic carbocycles. The Labute approximate surface area is 104 Å². The van der Waals surface area contributed by atoms with Crippen molar-refractivity contribution in [3.63, 3.8) is 0 Å². The van der Waals surface area contributed by atoms with E-state index in [0.717, 1.165) is 37.0 Å². The van der Waals surface area contributed by atoms with Crippen LogP contribution in [-0.2, 0) is 4.79 Å². The Morgan fingerprint density at radius 3 is 2.41 bits per heavy atom. The first kappa shape index (κ1) is 11.6. The van der Waals surface area contributed by atoms with Crippen LogP contribution in [0.4, 0.5) is 0 Å². The van der Waals surface area contributed by atoms with Gasteiger partial charge in [-0.15, -0.1) is 0 Å². The van der Waals surface area contributed by atoms with Gasteiger partial charge in [0.25, 0.3) is 0 Å². The molecular weight excluding hydrogens is 210 g/mol. The lowest BCUT2D eigenvalue weighted by molar-refractivity contribution is -0.144. The molecule has 0 aromatic heterocycles. The van der Waals surface area contributed by atoms with E-state index in [2.05, 4.69) is 13.8 Å². The molecule has 0 heterocycles. The van der Waals surface area contributed by atoms with Crippen LogP contribution in [0.3, 0.4) is 0 Å². The standard InChI is InChI=1S/C15H25NO/c1-14(2)11-5-4-10(12(14)8-11)9-15(13(16)17)6-3-7-15/h10-12H,3-9H2,1-2H3,(H2,16,17)/t10-,11-,12-/m1/s1. The highest BCUT2D eigenvalue weighted by Gasteiger charge is 2.56.